The zero-order valence-corrected chi connectivity index (χ0v) is 14.1. The third-order valence-electron chi connectivity index (χ3n) is 4.45. The smallest absolute Gasteiger partial charge is 0.266 e. The lowest BCUT2D eigenvalue weighted by molar-refractivity contribution is 0.0756. The molecule has 0 aromatic carbocycles. The largest absolute Gasteiger partial charge is 0.340 e. The standard InChI is InChI=1S/C18H20N6O/c1-22-11-16(20-13-22)12-23-8-14(9-23)10-24-18(25)3-2-17(21-24)15-4-6-19-7-5-15/h2-7,11,13-14H,8-10,12H2,1H3. The number of likely N-dealkylation sites (tertiary alicyclic amines) is 1. The van der Waals surface area contributed by atoms with Crippen LogP contribution in [0.1, 0.15) is 5.69 Å². The van der Waals surface area contributed by atoms with Crippen molar-refractivity contribution in [3.8, 4) is 11.3 Å². The summed E-state index contributed by atoms with van der Waals surface area (Å²) in [5, 5.41) is 4.52. The molecule has 7 heteroatoms. The van der Waals surface area contributed by atoms with Gasteiger partial charge >= 0.3 is 0 Å². The number of nitrogens with zero attached hydrogens (tertiary/aromatic N) is 6. The predicted octanol–water partition coefficient (Wildman–Crippen LogP) is 1.17. The molecule has 7 nitrogen and oxygen atoms in total. The molecule has 1 aliphatic rings. The van der Waals surface area contributed by atoms with Gasteiger partial charge in [-0.15, -0.1) is 0 Å². The van der Waals surface area contributed by atoms with E-state index in [4.69, 9.17) is 0 Å². The van der Waals surface area contributed by atoms with Crippen molar-refractivity contribution in [2.45, 2.75) is 13.1 Å². The predicted molar refractivity (Wildman–Crippen MR) is 93.7 cm³/mol. The number of aryl methyl sites for hydroxylation is 1. The van der Waals surface area contributed by atoms with Gasteiger partial charge in [0.2, 0.25) is 0 Å². The summed E-state index contributed by atoms with van der Waals surface area (Å²) in [6.07, 6.45) is 7.32. The average molecular weight is 336 g/mol. The Morgan fingerprint density at radius 1 is 1.16 bits per heavy atom. The number of pyridine rings is 1. The quantitative estimate of drug-likeness (QED) is 0.700. The van der Waals surface area contributed by atoms with E-state index in [0.717, 1.165) is 36.6 Å². The van der Waals surface area contributed by atoms with Crippen LogP contribution in [0.25, 0.3) is 11.3 Å². The minimum atomic E-state index is -0.0546. The average Bonchev–Trinajstić information content (AvgIpc) is 3.00. The molecule has 0 saturated carbocycles. The fourth-order valence-corrected chi connectivity index (χ4v) is 3.20. The van der Waals surface area contributed by atoms with E-state index in [0.29, 0.717) is 12.5 Å². The Morgan fingerprint density at radius 3 is 2.68 bits per heavy atom. The molecule has 1 saturated heterocycles. The Bertz CT molecular complexity index is 911. The highest BCUT2D eigenvalue weighted by molar-refractivity contribution is 5.56. The van der Waals surface area contributed by atoms with E-state index < -0.39 is 0 Å². The SMILES string of the molecule is Cn1cnc(CN2CC(Cn3nc(-c4ccncc4)ccc3=O)C2)c1. The maximum absolute atomic E-state index is 12.1. The van der Waals surface area contributed by atoms with E-state index in [9.17, 15) is 4.79 Å². The maximum Gasteiger partial charge on any atom is 0.266 e. The van der Waals surface area contributed by atoms with Crippen LogP contribution in [0, 0.1) is 5.92 Å². The molecule has 3 aromatic rings. The fraction of sp³-hybridized carbons (Fsp3) is 0.333. The van der Waals surface area contributed by atoms with Crippen LogP contribution in [-0.4, -0.2) is 42.3 Å². The van der Waals surface area contributed by atoms with Gasteiger partial charge < -0.3 is 4.57 Å². The van der Waals surface area contributed by atoms with Crippen LogP contribution in [0.15, 0.2) is 54.0 Å². The second-order valence-corrected chi connectivity index (χ2v) is 6.57. The Morgan fingerprint density at radius 2 is 1.96 bits per heavy atom. The number of hydrogen-bond acceptors (Lipinski definition) is 5. The van der Waals surface area contributed by atoms with E-state index in [-0.39, 0.29) is 5.56 Å². The van der Waals surface area contributed by atoms with E-state index in [2.05, 4.69) is 20.0 Å². The molecule has 0 atom stereocenters. The van der Waals surface area contributed by atoms with E-state index >= 15 is 0 Å². The van der Waals surface area contributed by atoms with Crippen molar-refractivity contribution in [3.05, 3.63) is 65.2 Å². The van der Waals surface area contributed by atoms with Gasteiger partial charge in [0.15, 0.2) is 0 Å². The molecule has 0 unspecified atom stereocenters. The second kappa shape index (κ2) is 6.60. The lowest BCUT2D eigenvalue weighted by Crippen LogP contribution is -2.48. The molecule has 0 radical (unpaired) electrons. The van der Waals surface area contributed by atoms with Crippen LogP contribution in [0.2, 0.25) is 0 Å². The maximum atomic E-state index is 12.1. The first-order valence-corrected chi connectivity index (χ1v) is 8.35. The van der Waals surface area contributed by atoms with E-state index in [1.807, 2.05) is 36.3 Å². The zero-order chi connectivity index (χ0) is 17.2. The minimum absolute atomic E-state index is 0.0546. The van der Waals surface area contributed by atoms with Crippen LogP contribution in [0.3, 0.4) is 0 Å². The highest BCUT2D eigenvalue weighted by atomic mass is 16.1. The van der Waals surface area contributed by atoms with Gasteiger partial charge in [0.25, 0.3) is 5.56 Å². The number of rotatable bonds is 5. The summed E-state index contributed by atoms with van der Waals surface area (Å²) in [5.74, 6) is 0.446. The molecule has 1 fully saturated rings. The van der Waals surface area contributed by atoms with Crippen molar-refractivity contribution in [3.63, 3.8) is 0 Å². The summed E-state index contributed by atoms with van der Waals surface area (Å²) in [6.45, 7) is 3.43. The van der Waals surface area contributed by atoms with Crippen molar-refractivity contribution in [1.29, 1.82) is 0 Å². The van der Waals surface area contributed by atoms with Crippen molar-refractivity contribution < 1.29 is 0 Å². The third kappa shape index (κ3) is 3.51. The summed E-state index contributed by atoms with van der Waals surface area (Å²) < 4.78 is 3.54. The van der Waals surface area contributed by atoms with E-state index in [1.165, 1.54) is 0 Å². The summed E-state index contributed by atoms with van der Waals surface area (Å²) in [5.41, 5.74) is 2.79. The first-order valence-electron chi connectivity index (χ1n) is 8.35. The third-order valence-corrected chi connectivity index (χ3v) is 4.45. The number of imidazole rings is 1. The molecule has 1 aliphatic heterocycles. The van der Waals surface area contributed by atoms with Crippen molar-refractivity contribution >= 4 is 0 Å². The summed E-state index contributed by atoms with van der Waals surface area (Å²) in [7, 11) is 1.98. The zero-order valence-electron chi connectivity index (χ0n) is 14.1. The first-order chi connectivity index (χ1) is 12.2. The lowest BCUT2D eigenvalue weighted by Gasteiger charge is -2.38. The molecular formula is C18H20N6O. The van der Waals surface area contributed by atoms with Gasteiger partial charge in [0, 0.05) is 62.8 Å². The topological polar surface area (TPSA) is 68.8 Å². The van der Waals surface area contributed by atoms with Gasteiger partial charge in [-0.2, -0.15) is 5.10 Å². The monoisotopic (exact) mass is 336 g/mol. The summed E-state index contributed by atoms with van der Waals surface area (Å²) in [6, 6.07) is 7.15. The molecule has 25 heavy (non-hydrogen) atoms. The normalized spacial score (nSPS) is 15.2. The Balaban J connectivity index is 1.39. The second-order valence-electron chi connectivity index (χ2n) is 6.57. The van der Waals surface area contributed by atoms with Crippen LogP contribution >= 0.6 is 0 Å². The van der Waals surface area contributed by atoms with Crippen molar-refractivity contribution in [2.24, 2.45) is 13.0 Å². The van der Waals surface area contributed by atoms with Gasteiger partial charge in [0.05, 0.1) is 24.3 Å². The van der Waals surface area contributed by atoms with Crippen molar-refractivity contribution in [1.82, 2.24) is 29.2 Å². The van der Waals surface area contributed by atoms with Gasteiger partial charge in [-0.3, -0.25) is 14.7 Å². The van der Waals surface area contributed by atoms with Gasteiger partial charge in [-0.05, 0) is 18.2 Å². The Labute approximate surface area is 145 Å². The first kappa shape index (κ1) is 15.7. The molecule has 3 aromatic heterocycles. The Hall–Kier alpha value is -2.80. The summed E-state index contributed by atoms with van der Waals surface area (Å²) >= 11 is 0. The van der Waals surface area contributed by atoms with Gasteiger partial charge in [0.1, 0.15) is 0 Å². The summed E-state index contributed by atoms with van der Waals surface area (Å²) in [4.78, 5) is 22.8. The molecule has 0 aliphatic carbocycles. The minimum Gasteiger partial charge on any atom is -0.340 e. The lowest BCUT2D eigenvalue weighted by atomic mass is 10.00. The molecule has 4 heterocycles. The van der Waals surface area contributed by atoms with Crippen LogP contribution in [0.4, 0.5) is 0 Å². The van der Waals surface area contributed by atoms with Gasteiger partial charge in [-0.25, -0.2) is 9.67 Å². The number of hydrogen-bond donors (Lipinski definition) is 0. The van der Waals surface area contributed by atoms with Crippen molar-refractivity contribution in [2.75, 3.05) is 13.1 Å². The van der Waals surface area contributed by atoms with Gasteiger partial charge in [-0.1, -0.05) is 0 Å². The molecule has 0 spiro atoms. The Kier molecular flexibility index (Phi) is 4.15. The molecule has 0 N–H and O–H groups in total. The highest BCUT2D eigenvalue weighted by Gasteiger charge is 2.28. The van der Waals surface area contributed by atoms with Crippen LogP contribution < -0.4 is 5.56 Å². The number of aromatic nitrogens is 5. The molecule has 0 amide bonds. The molecule has 4 rings (SSSR count). The van der Waals surface area contributed by atoms with Crippen LogP contribution in [0.5, 0.6) is 0 Å². The molecular weight excluding hydrogens is 316 g/mol. The molecule has 0 bridgehead atoms. The van der Waals surface area contributed by atoms with E-state index in [1.54, 1.807) is 29.2 Å². The fourth-order valence-electron chi connectivity index (χ4n) is 3.20. The highest BCUT2D eigenvalue weighted by Crippen LogP contribution is 2.20. The van der Waals surface area contributed by atoms with Crippen LogP contribution in [-0.2, 0) is 20.1 Å². The molecule has 128 valence electrons.